The number of nitrogens with zero attached hydrogens (tertiary/aromatic N) is 1. The van der Waals surface area contributed by atoms with Gasteiger partial charge in [-0.05, 0) is 32.4 Å². The third-order valence-corrected chi connectivity index (χ3v) is 4.33. The molecule has 2 heteroatoms. The molecular weight excluding hydrogens is 220 g/mol. The fourth-order valence-corrected chi connectivity index (χ4v) is 3.07. The summed E-state index contributed by atoms with van der Waals surface area (Å²) < 4.78 is 0. The number of benzene rings is 1. The van der Waals surface area contributed by atoms with Gasteiger partial charge in [0, 0.05) is 18.6 Å². The van der Waals surface area contributed by atoms with E-state index in [1.54, 1.807) is 0 Å². The molecule has 1 aromatic carbocycles. The SMILES string of the molecule is Cc1ccc(C(CN)N(C)C2CCCCC2)cc1. The third kappa shape index (κ3) is 3.12. The Kier molecular flexibility index (Phi) is 4.79. The normalized spacial score (nSPS) is 19.1. The van der Waals surface area contributed by atoms with Crippen LogP contribution in [-0.2, 0) is 0 Å². The number of aryl methyl sites for hydroxylation is 1. The molecule has 1 aromatic rings. The fraction of sp³-hybridized carbons (Fsp3) is 0.625. The van der Waals surface area contributed by atoms with Gasteiger partial charge >= 0.3 is 0 Å². The van der Waals surface area contributed by atoms with Crippen molar-refractivity contribution in [3.8, 4) is 0 Å². The molecule has 18 heavy (non-hydrogen) atoms. The second-order valence-corrected chi connectivity index (χ2v) is 5.62. The highest BCUT2D eigenvalue weighted by molar-refractivity contribution is 5.24. The first-order valence-electron chi connectivity index (χ1n) is 7.21. The van der Waals surface area contributed by atoms with Crippen molar-refractivity contribution in [2.75, 3.05) is 13.6 Å². The molecule has 2 nitrogen and oxygen atoms in total. The third-order valence-electron chi connectivity index (χ3n) is 4.33. The lowest BCUT2D eigenvalue weighted by Crippen LogP contribution is -2.39. The quantitative estimate of drug-likeness (QED) is 0.883. The lowest BCUT2D eigenvalue weighted by molar-refractivity contribution is 0.141. The van der Waals surface area contributed by atoms with E-state index in [2.05, 4.69) is 43.1 Å². The highest BCUT2D eigenvalue weighted by Crippen LogP contribution is 2.28. The Balaban J connectivity index is 2.09. The molecule has 2 N–H and O–H groups in total. The lowest BCUT2D eigenvalue weighted by Gasteiger charge is -2.37. The molecule has 0 heterocycles. The van der Waals surface area contributed by atoms with Crippen molar-refractivity contribution in [1.29, 1.82) is 0 Å². The summed E-state index contributed by atoms with van der Waals surface area (Å²) in [4.78, 5) is 2.50. The van der Waals surface area contributed by atoms with E-state index in [1.165, 1.54) is 43.2 Å². The van der Waals surface area contributed by atoms with Gasteiger partial charge in [0.25, 0.3) is 0 Å². The Bertz CT molecular complexity index is 352. The van der Waals surface area contributed by atoms with E-state index < -0.39 is 0 Å². The van der Waals surface area contributed by atoms with Crippen LogP contribution >= 0.6 is 0 Å². The van der Waals surface area contributed by atoms with Crippen molar-refractivity contribution < 1.29 is 0 Å². The standard InChI is InChI=1S/C16H26N2/c1-13-8-10-14(11-9-13)16(12-17)18(2)15-6-4-3-5-7-15/h8-11,15-16H,3-7,12,17H2,1-2H3. The average Bonchev–Trinajstić information content (AvgIpc) is 2.42. The Morgan fingerprint density at radius 3 is 2.33 bits per heavy atom. The fourth-order valence-electron chi connectivity index (χ4n) is 3.07. The van der Waals surface area contributed by atoms with E-state index in [0.29, 0.717) is 18.6 Å². The number of nitrogens with two attached hydrogens (primary N) is 1. The first-order valence-corrected chi connectivity index (χ1v) is 7.21. The average molecular weight is 246 g/mol. The molecular formula is C16H26N2. The topological polar surface area (TPSA) is 29.3 Å². The molecule has 1 atom stereocenters. The summed E-state index contributed by atoms with van der Waals surface area (Å²) in [6.07, 6.45) is 6.82. The Hall–Kier alpha value is -0.860. The summed E-state index contributed by atoms with van der Waals surface area (Å²) >= 11 is 0. The van der Waals surface area contributed by atoms with Crippen molar-refractivity contribution in [2.45, 2.75) is 51.1 Å². The van der Waals surface area contributed by atoms with Gasteiger partial charge in [0.1, 0.15) is 0 Å². The summed E-state index contributed by atoms with van der Waals surface area (Å²) in [5.74, 6) is 0. The summed E-state index contributed by atoms with van der Waals surface area (Å²) in [6.45, 7) is 2.84. The van der Waals surface area contributed by atoms with Crippen molar-refractivity contribution >= 4 is 0 Å². The van der Waals surface area contributed by atoms with Crippen LogP contribution in [0.4, 0.5) is 0 Å². The van der Waals surface area contributed by atoms with Crippen molar-refractivity contribution in [2.24, 2.45) is 5.73 Å². The highest BCUT2D eigenvalue weighted by Gasteiger charge is 2.24. The van der Waals surface area contributed by atoms with Gasteiger partial charge in [0.15, 0.2) is 0 Å². The first kappa shape index (κ1) is 13.6. The van der Waals surface area contributed by atoms with E-state index in [9.17, 15) is 0 Å². The second kappa shape index (κ2) is 6.35. The van der Waals surface area contributed by atoms with Crippen molar-refractivity contribution in [3.63, 3.8) is 0 Å². The Morgan fingerprint density at radius 2 is 1.78 bits per heavy atom. The molecule has 2 rings (SSSR count). The molecule has 0 aromatic heterocycles. The van der Waals surface area contributed by atoms with Gasteiger partial charge in [-0.2, -0.15) is 0 Å². The molecule has 1 aliphatic carbocycles. The van der Waals surface area contributed by atoms with Crippen LogP contribution in [0.5, 0.6) is 0 Å². The minimum Gasteiger partial charge on any atom is -0.329 e. The molecule has 0 saturated heterocycles. The van der Waals surface area contributed by atoms with E-state index >= 15 is 0 Å². The van der Waals surface area contributed by atoms with Gasteiger partial charge < -0.3 is 5.73 Å². The molecule has 0 amide bonds. The number of likely N-dealkylation sites (N-methyl/N-ethyl adjacent to an activating group) is 1. The van der Waals surface area contributed by atoms with Gasteiger partial charge in [-0.3, -0.25) is 4.90 Å². The molecule has 1 unspecified atom stereocenters. The van der Waals surface area contributed by atoms with Crippen LogP contribution in [0.25, 0.3) is 0 Å². The van der Waals surface area contributed by atoms with Crippen LogP contribution in [0.15, 0.2) is 24.3 Å². The van der Waals surface area contributed by atoms with Crippen LogP contribution in [-0.4, -0.2) is 24.5 Å². The monoisotopic (exact) mass is 246 g/mol. The maximum Gasteiger partial charge on any atom is 0.0470 e. The predicted molar refractivity (Wildman–Crippen MR) is 77.6 cm³/mol. The number of hydrogen-bond donors (Lipinski definition) is 1. The number of hydrogen-bond acceptors (Lipinski definition) is 2. The summed E-state index contributed by atoms with van der Waals surface area (Å²) in [5.41, 5.74) is 8.68. The molecule has 1 aliphatic rings. The van der Waals surface area contributed by atoms with Crippen molar-refractivity contribution in [1.82, 2.24) is 4.90 Å². The minimum atomic E-state index is 0.369. The second-order valence-electron chi connectivity index (χ2n) is 5.62. The first-order chi connectivity index (χ1) is 8.72. The Labute approximate surface area is 111 Å². The Morgan fingerprint density at radius 1 is 1.17 bits per heavy atom. The minimum absolute atomic E-state index is 0.369. The maximum atomic E-state index is 6.01. The van der Waals surface area contributed by atoms with E-state index in [1.807, 2.05) is 0 Å². The molecule has 0 radical (unpaired) electrons. The van der Waals surface area contributed by atoms with Crippen molar-refractivity contribution in [3.05, 3.63) is 35.4 Å². The molecule has 0 spiro atoms. The van der Waals surface area contributed by atoms with Crippen LogP contribution in [0.1, 0.15) is 49.3 Å². The molecule has 100 valence electrons. The zero-order chi connectivity index (χ0) is 13.0. The lowest BCUT2D eigenvalue weighted by atomic mass is 9.92. The number of rotatable bonds is 4. The molecule has 0 aliphatic heterocycles. The molecule has 1 fully saturated rings. The largest absolute Gasteiger partial charge is 0.329 e. The van der Waals surface area contributed by atoms with Crippen LogP contribution < -0.4 is 5.73 Å². The van der Waals surface area contributed by atoms with Gasteiger partial charge in [-0.15, -0.1) is 0 Å². The van der Waals surface area contributed by atoms with Crippen LogP contribution in [0.2, 0.25) is 0 Å². The molecule has 1 saturated carbocycles. The zero-order valence-electron chi connectivity index (χ0n) is 11.7. The molecule has 0 bridgehead atoms. The van der Waals surface area contributed by atoms with E-state index in [-0.39, 0.29) is 0 Å². The highest BCUT2D eigenvalue weighted by atomic mass is 15.2. The van der Waals surface area contributed by atoms with Gasteiger partial charge in [0.05, 0.1) is 0 Å². The van der Waals surface area contributed by atoms with Gasteiger partial charge in [-0.1, -0.05) is 49.1 Å². The predicted octanol–water partition coefficient (Wildman–Crippen LogP) is 3.26. The summed E-state index contributed by atoms with van der Waals surface area (Å²) in [7, 11) is 2.24. The zero-order valence-corrected chi connectivity index (χ0v) is 11.7. The van der Waals surface area contributed by atoms with Crippen LogP contribution in [0, 0.1) is 6.92 Å². The van der Waals surface area contributed by atoms with Crippen LogP contribution in [0.3, 0.4) is 0 Å². The van der Waals surface area contributed by atoms with Gasteiger partial charge in [-0.25, -0.2) is 0 Å². The van der Waals surface area contributed by atoms with Gasteiger partial charge in [0.2, 0.25) is 0 Å². The summed E-state index contributed by atoms with van der Waals surface area (Å²) in [6, 6.07) is 9.92. The van der Waals surface area contributed by atoms with E-state index in [0.717, 1.165) is 0 Å². The smallest absolute Gasteiger partial charge is 0.0470 e. The van der Waals surface area contributed by atoms with E-state index in [4.69, 9.17) is 5.73 Å². The summed E-state index contributed by atoms with van der Waals surface area (Å²) in [5, 5.41) is 0. The maximum absolute atomic E-state index is 6.01.